The van der Waals surface area contributed by atoms with Gasteiger partial charge >= 0.3 is 6.61 Å². The third-order valence-electron chi connectivity index (χ3n) is 4.83. The second-order valence-corrected chi connectivity index (χ2v) is 6.12. The summed E-state index contributed by atoms with van der Waals surface area (Å²) < 4.78 is 34.4. The molecule has 1 amide bonds. The molecule has 1 heterocycles. The van der Waals surface area contributed by atoms with Crippen LogP contribution in [0.15, 0.2) is 18.2 Å². The second kappa shape index (κ2) is 6.31. The topological polar surface area (TPSA) is 64.8 Å². The van der Waals surface area contributed by atoms with E-state index in [4.69, 9.17) is 10.5 Å². The highest BCUT2D eigenvalue weighted by atomic mass is 19.3. The molecule has 1 saturated carbocycles. The molecule has 1 saturated heterocycles. The molecule has 2 aliphatic rings. The van der Waals surface area contributed by atoms with E-state index in [1.165, 1.54) is 19.2 Å². The SMILES string of the molecule is COc1ccc(C(=O)N2CC3CCC(N)C3C2)cc1OC(F)F. The summed E-state index contributed by atoms with van der Waals surface area (Å²) in [4.78, 5) is 14.4. The molecule has 7 heteroatoms. The molecule has 2 fully saturated rings. The Kier molecular flexibility index (Phi) is 4.39. The van der Waals surface area contributed by atoms with Gasteiger partial charge in [0.05, 0.1) is 7.11 Å². The molecule has 1 aromatic rings. The van der Waals surface area contributed by atoms with Crippen molar-refractivity contribution in [2.24, 2.45) is 17.6 Å². The zero-order valence-electron chi connectivity index (χ0n) is 12.9. The van der Waals surface area contributed by atoms with Crippen molar-refractivity contribution >= 4 is 5.91 Å². The van der Waals surface area contributed by atoms with Gasteiger partial charge < -0.3 is 20.1 Å². The summed E-state index contributed by atoms with van der Waals surface area (Å²) in [5.74, 6) is 0.637. The van der Waals surface area contributed by atoms with Gasteiger partial charge in [-0.1, -0.05) is 0 Å². The van der Waals surface area contributed by atoms with E-state index in [0.717, 1.165) is 12.8 Å². The maximum absolute atomic E-state index is 12.6. The fourth-order valence-corrected chi connectivity index (χ4v) is 3.65. The first-order chi connectivity index (χ1) is 11.0. The van der Waals surface area contributed by atoms with Crippen molar-refractivity contribution in [3.63, 3.8) is 0 Å². The molecular formula is C16H20F2N2O3. The minimum absolute atomic E-state index is 0.135. The third kappa shape index (κ3) is 3.10. The van der Waals surface area contributed by atoms with E-state index < -0.39 is 6.61 Å². The van der Waals surface area contributed by atoms with E-state index >= 15 is 0 Å². The van der Waals surface area contributed by atoms with Gasteiger partial charge in [0.15, 0.2) is 11.5 Å². The molecule has 0 spiro atoms. The molecule has 126 valence electrons. The molecule has 2 N–H and O–H groups in total. The van der Waals surface area contributed by atoms with Crippen molar-refractivity contribution in [1.82, 2.24) is 4.90 Å². The Bertz CT molecular complexity index is 597. The van der Waals surface area contributed by atoms with Gasteiger partial charge in [0.2, 0.25) is 0 Å². The number of fused-ring (bicyclic) bond motifs is 1. The summed E-state index contributed by atoms with van der Waals surface area (Å²) in [6.45, 7) is -1.67. The first-order valence-corrected chi connectivity index (χ1v) is 7.67. The van der Waals surface area contributed by atoms with Crippen molar-refractivity contribution in [3.8, 4) is 11.5 Å². The van der Waals surface area contributed by atoms with Gasteiger partial charge in [-0.25, -0.2) is 0 Å². The highest BCUT2D eigenvalue weighted by Gasteiger charge is 2.42. The fraction of sp³-hybridized carbons (Fsp3) is 0.562. The van der Waals surface area contributed by atoms with Crippen molar-refractivity contribution in [3.05, 3.63) is 23.8 Å². The molecule has 3 unspecified atom stereocenters. The summed E-state index contributed by atoms with van der Waals surface area (Å²) in [6.07, 6.45) is 2.05. The van der Waals surface area contributed by atoms with Crippen LogP contribution in [0.4, 0.5) is 8.78 Å². The lowest BCUT2D eigenvalue weighted by molar-refractivity contribution is -0.0512. The van der Waals surface area contributed by atoms with Gasteiger partial charge in [0, 0.05) is 24.7 Å². The van der Waals surface area contributed by atoms with Crippen LogP contribution in [-0.4, -0.2) is 43.7 Å². The van der Waals surface area contributed by atoms with Crippen molar-refractivity contribution < 1.29 is 23.0 Å². The molecule has 1 aliphatic heterocycles. The number of ether oxygens (including phenoxy) is 2. The number of amides is 1. The summed E-state index contributed by atoms with van der Waals surface area (Å²) >= 11 is 0. The molecule has 1 aliphatic carbocycles. The Labute approximate surface area is 133 Å². The number of halogens is 2. The lowest BCUT2D eigenvalue weighted by Crippen LogP contribution is -2.33. The normalized spacial score (nSPS) is 26.5. The third-order valence-corrected chi connectivity index (χ3v) is 4.83. The average molecular weight is 326 g/mol. The lowest BCUT2D eigenvalue weighted by Gasteiger charge is -2.19. The lowest BCUT2D eigenvalue weighted by atomic mass is 9.98. The highest BCUT2D eigenvalue weighted by molar-refractivity contribution is 5.95. The highest BCUT2D eigenvalue weighted by Crippen LogP contribution is 2.38. The van der Waals surface area contributed by atoms with E-state index in [1.54, 1.807) is 11.0 Å². The average Bonchev–Trinajstić information content (AvgIpc) is 3.08. The predicted octanol–water partition coefficient (Wildman–Crippen LogP) is 2.11. The number of carbonyl (C=O) groups is 1. The van der Waals surface area contributed by atoms with E-state index in [2.05, 4.69) is 4.74 Å². The van der Waals surface area contributed by atoms with Crippen LogP contribution in [0, 0.1) is 11.8 Å². The molecule has 0 aromatic heterocycles. The van der Waals surface area contributed by atoms with Gasteiger partial charge in [-0.2, -0.15) is 8.78 Å². The van der Waals surface area contributed by atoms with Crippen LogP contribution < -0.4 is 15.2 Å². The molecule has 3 rings (SSSR count). The van der Waals surface area contributed by atoms with Crippen LogP contribution in [0.3, 0.4) is 0 Å². The van der Waals surface area contributed by atoms with Crippen LogP contribution >= 0.6 is 0 Å². The quantitative estimate of drug-likeness (QED) is 0.920. The van der Waals surface area contributed by atoms with Crippen molar-refractivity contribution in [2.75, 3.05) is 20.2 Å². The van der Waals surface area contributed by atoms with Crippen LogP contribution in [0.5, 0.6) is 11.5 Å². The largest absolute Gasteiger partial charge is 0.493 e. The minimum Gasteiger partial charge on any atom is -0.493 e. The Morgan fingerprint density at radius 3 is 2.74 bits per heavy atom. The summed E-state index contributed by atoms with van der Waals surface area (Å²) in [7, 11) is 1.36. The Balaban J connectivity index is 1.77. The standard InChI is InChI=1S/C16H20F2N2O3/c1-22-13-5-3-9(6-14(13)23-16(17)18)15(21)20-7-10-2-4-12(19)11(10)8-20/h3,5-6,10-12,16H,2,4,7-8,19H2,1H3. The van der Waals surface area contributed by atoms with Crippen LogP contribution in [-0.2, 0) is 0 Å². The number of benzene rings is 1. The maximum Gasteiger partial charge on any atom is 0.387 e. The van der Waals surface area contributed by atoms with E-state index in [1.807, 2.05) is 0 Å². The molecule has 23 heavy (non-hydrogen) atoms. The van der Waals surface area contributed by atoms with Gasteiger partial charge in [-0.05, 0) is 42.9 Å². The van der Waals surface area contributed by atoms with Crippen LogP contribution in [0.2, 0.25) is 0 Å². The van der Waals surface area contributed by atoms with Gasteiger partial charge in [-0.15, -0.1) is 0 Å². The zero-order chi connectivity index (χ0) is 16.6. The van der Waals surface area contributed by atoms with Crippen LogP contribution in [0.25, 0.3) is 0 Å². The first-order valence-electron chi connectivity index (χ1n) is 7.67. The monoisotopic (exact) mass is 326 g/mol. The number of likely N-dealkylation sites (tertiary alicyclic amines) is 1. The zero-order valence-corrected chi connectivity index (χ0v) is 12.9. The van der Waals surface area contributed by atoms with Crippen molar-refractivity contribution in [1.29, 1.82) is 0 Å². The molecule has 1 aromatic carbocycles. The molecular weight excluding hydrogens is 306 g/mol. The smallest absolute Gasteiger partial charge is 0.387 e. The Morgan fingerprint density at radius 1 is 1.30 bits per heavy atom. The number of carbonyl (C=O) groups excluding carboxylic acids is 1. The molecule has 5 nitrogen and oxygen atoms in total. The van der Waals surface area contributed by atoms with Gasteiger partial charge in [0.1, 0.15) is 0 Å². The number of hydrogen-bond acceptors (Lipinski definition) is 4. The Morgan fingerprint density at radius 2 is 2.09 bits per heavy atom. The molecule has 0 radical (unpaired) electrons. The molecule has 3 atom stereocenters. The number of nitrogens with zero attached hydrogens (tertiary/aromatic N) is 1. The number of hydrogen-bond donors (Lipinski definition) is 1. The fourth-order valence-electron chi connectivity index (χ4n) is 3.65. The maximum atomic E-state index is 12.6. The van der Waals surface area contributed by atoms with Gasteiger partial charge in [0.25, 0.3) is 5.91 Å². The predicted molar refractivity (Wildman–Crippen MR) is 79.7 cm³/mol. The van der Waals surface area contributed by atoms with Gasteiger partial charge in [-0.3, -0.25) is 4.79 Å². The van der Waals surface area contributed by atoms with Crippen LogP contribution in [0.1, 0.15) is 23.2 Å². The summed E-state index contributed by atoms with van der Waals surface area (Å²) in [5, 5.41) is 0. The summed E-state index contributed by atoms with van der Waals surface area (Å²) in [5.41, 5.74) is 6.39. The van der Waals surface area contributed by atoms with Crippen molar-refractivity contribution in [2.45, 2.75) is 25.5 Å². The summed E-state index contributed by atoms with van der Waals surface area (Å²) in [6, 6.07) is 4.48. The molecule has 0 bridgehead atoms. The number of methoxy groups -OCH3 is 1. The first kappa shape index (κ1) is 16.0. The van der Waals surface area contributed by atoms with E-state index in [0.29, 0.717) is 30.5 Å². The number of nitrogens with two attached hydrogens (primary N) is 1. The minimum atomic E-state index is -2.97. The number of alkyl halides is 2. The number of rotatable bonds is 4. The Hall–Kier alpha value is -1.89. The van der Waals surface area contributed by atoms with E-state index in [-0.39, 0.29) is 23.4 Å². The second-order valence-electron chi connectivity index (χ2n) is 6.12. The van der Waals surface area contributed by atoms with E-state index in [9.17, 15) is 13.6 Å².